The Kier molecular flexibility index (Phi) is 5.34. The van der Waals surface area contributed by atoms with E-state index in [0.29, 0.717) is 29.9 Å². The zero-order chi connectivity index (χ0) is 15.4. The van der Waals surface area contributed by atoms with E-state index in [0.717, 1.165) is 18.5 Å². The van der Waals surface area contributed by atoms with Gasteiger partial charge in [0.05, 0.1) is 11.3 Å². The van der Waals surface area contributed by atoms with E-state index in [9.17, 15) is 4.79 Å². The standard InChI is InChI=1S/C17H26N2O2/c1-11(2)15-7-4-12(3)8-16(15)21-17(20)13-5-6-14(9-18)19-10-13/h5-6,10-12,15-16H,4,7-9,18H2,1-3H3/t12-,15+,16-/m0/s1. The number of esters is 1. The SMILES string of the molecule is CC(C)[C@H]1CC[C@H](C)C[C@@H]1OC(=O)c1ccc(CN)nc1. The summed E-state index contributed by atoms with van der Waals surface area (Å²) in [5, 5.41) is 0. The maximum absolute atomic E-state index is 12.3. The van der Waals surface area contributed by atoms with Crippen LogP contribution >= 0.6 is 0 Å². The number of hydrogen-bond donors (Lipinski definition) is 1. The highest BCUT2D eigenvalue weighted by atomic mass is 16.5. The van der Waals surface area contributed by atoms with Gasteiger partial charge in [-0.2, -0.15) is 0 Å². The van der Waals surface area contributed by atoms with Gasteiger partial charge < -0.3 is 10.5 Å². The Morgan fingerprint density at radius 1 is 1.43 bits per heavy atom. The van der Waals surface area contributed by atoms with Gasteiger partial charge >= 0.3 is 5.97 Å². The van der Waals surface area contributed by atoms with Crippen LogP contribution in [0.25, 0.3) is 0 Å². The van der Waals surface area contributed by atoms with Crippen molar-refractivity contribution in [3.8, 4) is 0 Å². The molecule has 2 N–H and O–H groups in total. The molecule has 2 rings (SSSR count). The van der Waals surface area contributed by atoms with Crippen molar-refractivity contribution in [1.29, 1.82) is 0 Å². The van der Waals surface area contributed by atoms with Crippen LogP contribution in [0.15, 0.2) is 18.3 Å². The quantitative estimate of drug-likeness (QED) is 0.865. The topological polar surface area (TPSA) is 65.2 Å². The molecule has 0 saturated heterocycles. The zero-order valence-corrected chi connectivity index (χ0v) is 13.2. The van der Waals surface area contributed by atoms with Gasteiger partial charge in [0.1, 0.15) is 6.10 Å². The second-order valence-corrected chi connectivity index (χ2v) is 6.51. The molecule has 21 heavy (non-hydrogen) atoms. The molecule has 0 spiro atoms. The minimum Gasteiger partial charge on any atom is -0.458 e. The fourth-order valence-corrected chi connectivity index (χ4v) is 3.12. The normalized spacial score (nSPS) is 25.9. The number of carbonyl (C=O) groups excluding carboxylic acids is 1. The zero-order valence-electron chi connectivity index (χ0n) is 13.2. The first-order valence-corrected chi connectivity index (χ1v) is 7.87. The first-order valence-electron chi connectivity index (χ1n) is 7.87. The maximum atomic E-state index is 12.3. The first kappa shape index (κ1) is 16.0. The van der Waals surface area contributed by atoms with Crippen molar-refractivity contribution in [3.63, 3.8) is 0 Å². The summed E-state index contributed by atoms with van der Waals surface area (Å²) in [7, 11) is 0. The summed E-state index contributed by atoms with van der Waals surface area (Å²) in [6.07, 6.45) is 4.91. The van der Waals surface area contributed by atoms with Gasteiger partial charge in [0.2, 0.25) is 0 Å². The van der Waals surface area contributed by atoms with E-state index >= 15 is 0 Å². The Morgan fingerprint density at radius 3 is 2.76 bits per heavy atom. The van der Waals surface area contributed by atoms with Crippen molar-refractivity contribution in [3.05, 3.63) is 29.6 Å². The number of nitrogens with two attached hydrogens (primary N) is 1. The van der Waals surface area contributed by atoms with Gasteiger partial charge in [0.25, 0.3) is 0 Å². The van der Waals surface area contributed by atoms with E-state index in [1.165, 1.54) is 6.42 Å². The van der Waals surface area contributed by atoms with Crippen molar-refractivity contribution in [1.82, 2.24) is 4.98 Å². The van der Waals surface area contributed by atoms with Crippen LogP contribution in [0.5, 0.6) is 0 Å². The summed E-state index contributed by atoms with van der Waals surface area (Å²) in [6.45, 7) is 7.03. The lowest BCUT2D eigenvalue weighted by Gasteiger charge is -2.36. The second kappa shape index (κ2) is 7.03. The lowest BCUT2D eigenvalue weighted by atomic mass is 9.75. The molecule has 116 valence electrons. The average molecular weight is 290 g/mol. The number of rotatable bonds is 4. The van der Waals surface area contributed by atoms with Gasteiger partial charge in [0.15, 0.2) is 0 Å². The third kappa shape index (κ3) is 4.03. The Morgan fingerprint density at radius 2 is 2.19 bits per heavy atom. The summed E-state index contributed by atoms with van der Waals surface area (Å²) in [5.74, 6) is 1.35. The van der Waals surface area contributed by atoms with Crippen molar-refractivity contribution in [2.75, 3.05) is 0 Å². The van der Waals surface area contributed by atoms with Crippen LogP contribution in [0.1, 0.15) is 56.1 Å². The molecular formula is C17H26N2O2. The Labute approximate surface area is 127 Å². The Hall–Kier alpha value is -1.42. The molecule has 0 aromatic carbocycles. The Balaban J connectivity index is 2.04. The highest BCUT2D eigenvalue weighted by Crippen LogP contribution is 2.35. The van der Waals surface area contributed by atoms with Crippen molar-refractivity contribution in [2.45, 2.75) is 52.7 Å². The van der Waals surface area contributed by atoms with E-state index in [1.807, 2.05) is 0 Å². The molecule has 0 aliphatic heterocycles. The molecule has 4 nitrogen and oxygen atoms in total. The van der Waals surface area contributed by atoms with Gasteiger partial charge in [0, 0.05) is 12.7 Å². The predicted octanol–water partition coefficient (Wildman–Crippen LogP) is 3.16. The van der Waals surface area contributed by atoms with Crippen molar-refractivity contribution in [2.24, 2.45) is 23.5 Å². The Bertz CT molecular complexity index is 470. The minimum absolute atomic E-state index is 0.0236. The third-order valence-corrected chi connectivity index (χ3v) is 4.49. The summed E-state index contributed by atoms with van der Waals surface area (Å²) in [5.41, 5.74) is 6.80. The summed E-state index contributed by atoms with van der Waals surface area (Å²) >= 11 is 0. The number of nitrogens with zero attached hydrogens (tertiary/aromatic N) is 1. The van der Waals surface area contributed by atoms with Crippen LogP contribution in [0, 0.1) is 17.8 Å². The van der Waals surface area contributed by atoms with Gasteiger partial charge in [-0.15, -0.1) is 0 Å². The lowest BCUT2D eigenvalue weighted by Crippen LogP contribution is -2.35. The van der Waals surface area contributed by atoms with Crippen LogP contribution in [-0.4, -0.2) is 17.1 Å². The number of carbonyl (C=O) groups is 1. The molecule has 0 bridgehead atoms. The molecule has 1 aliphatic rings. The van der Waals surface area contributed by atoms with E-state index < -0.39 is 0 Å². The molecule has 1 heterocycles. The molecule has 1 aromatic rings. The summed E-state index contributed by atoms with van der Waals surface area (Å²) < 4.78 is 5.79. The fraction of sp³-hybridized carbons (Fsp3) is 0.647. The van der Waals surface area contributed by atoms with Crippen LogP contribution in [0.2, 0.25) is 0 Å². The van der Waals surface area contributed by atoms with Crippen LogP contribution in [0.3, 0.4) is 0 Å². The molecule has 0 amide bonds. The van der Waals surface area contributed by atoms with Gasteiger partial charge in [-0.3, -0.25) is 4.98 Å². The molecule has 1 aliphatic carbocycles. The van der Waals surface area contributed by atoms with Crippen molar-refractivity contribution < 1.29 is 9.53 Å². The number of ether oxygens (including phenoxy) is 1. The minimum atomic E-state index is -0.268. The van der Waals surface area contributed by atoms with Crippen LogP contribution in [-0.2, 0) is 11.3 Å². The largest absolute Gasteiger partial charge is 0.458 e. The third-order valence-electron chi connectivity index (χ3n) is 4.49. The second-order valence-electron chi connectivity index (χ2n) is 6.51. The molecule has 4 heteroatoms. The van der Waals surface area contributed by atoms with E-state index in [-0.39, 0.29) is 12.1 Å². The summed E-state index contributed by atoms with van der Waals surface area (Å²) in [4.78, 5) is 16.4. The van der Waals surface area contributed by atoms with E-state index in [4.69, 9.17) is 10.5 Å². The number of aromatic nitrogens is 1. The van der Waals surface area contributed by atoms with Crippen LogP contribution in [0.4, 0.5) is 0 Å². The smallest absolute Gasteiger partial charge is 0.339 e. The molecule has 1 saturated carbocycles. The molecule has 0 unspecified atom stereocenters. The number of pyridine rings is 1. The molecule has 1 fully saturated rings. The molecule has 1 aromatic heterocycles. The molecule has 0 radical (unpaired) electrons. The van der Waals surface area contributed by atoms with Gasteiger partial charge in [-0.1, -0.05) is 27.2 Å². The number of hydrogen-bond acceptors (Lipinski definition) is 4. The average Bonchev–Trinajstić information content (AvgIpc) is 2.47. The lowest BCUT2D eigenvalue weighted by molar-refractivity contribution is -0.0174. The highest BCUT2D eigenvalue weighted by molar-refractivity contribution is 5.89. The fourth-order valence-electron chi connectivity index (χ4n) is 3.12. The predicted molar refractivity (Wildman–Crippen MR) is 82.7 cm³/mol. The van der Waals surface area contributed by atoms with Crippen LogP contribution < -0.4 is 5.73 Å². The summed E-state index contributed by atoms with van der Waals surface area (Å²) in [6, 6.07) is 3.52. The van der Waals surface area contributed by atoms with Gasteiger partial charge in [-0.25, -0.2) is 4.79 Å². The molecular weight excluding hydrogens is 264 g/mol. The van der Waals surface area contributed by atoms with E-state index in [1.54, 1.807) is 18.3 Å². The first-order chi connectivity index (χ1) is 10.0. The van der Waals surface area contributed by atoms with Crippen molar-refractivity contribution >= 4 is 5.97 Å². The maximum Gasteiger partial charge on any atom is 0.339 e. The van der Waals surface area contributed by atoms with Gasteiger partial charge in [-0.05, 0) is 42.7 Å². The highest BCUT2D eigenvalue weighted by Gasteiger charge is 2.33. The van der Waals surface area contributed by atoms with E-state index in [2.05, 4.69) is 25.8 Å². The molecule has 3 atom stereocenters. The monoisotopic (exact) mass is 290 g/mol.